The predicted octanol–water partition coefficient (Wildman–Crippen LogP) is 4.09. The molecule has 0 radical (unpaired) electrons. The SMILES string of the molecule is Cc1ccc(CN(Cc2ccco2)C(=O)CCNC(=O)OC(C)(C)C)s1. The lowest BCUT2D eigenvalue weighted by Gasteiger charge is -2.22. The fraction of sp³-hybridized carbons (Fsp3) is 0.474. The van der Waals surface area contributed by atoms with Gasteiger partial charge in [0.15, 0.2) is 0 Å². The molecule has 2 aromatic rings. The van der Waals surface area contributed by atoms with Gasteiger partial charge in [0.05, 0.1) is 19.4 Å². The number of furan rings is 1. The lowest BCUT2D eigenvalue weighted by Crippen LogP contribution is -2.36. The Kier molecular flexibility index (Phi) is 6.85. The van der Waals surface area contributed by atoms with Gasteiger partial charge in [-0.2, -0.15) is 0 Å². The molecule has 0 bridgehead atoms. The van der Waals surface area contributed by atoms with Crippen molar-refractivity contribution in [3.63, 3.8) is 0 Å². The van der Waals surface area contributed by atoms with E-state index in [1.54, 1.807) is 49.3 Å². The minimum absolute atomic E-state index is 0.0523. The summed E-state index contributed by atoms with van der Waals surface area (Å²) in [6.45, 7) is 8.58. The van der Waals surface area contributed by atoms with Gasteiger partial charge in [-0.05, 0) is 52.0 Å². The zero-order valence-corrected chi connectivity index (χ0v) is 16.5. The Bertz CT molecular complexity index is 716. The smallest absolute Gasteiger partial charge is 0.407 e. The molecule has 142 valence electrons. The summed E-state index contributed by atoms with van der Waals surface area (Å²) >= 11 is 1.67. The van der Waals surface area contributed by atoms with Gasteiger partial charge < -0.3 is 19.4 Å². The Morgan fingerprint density at radius 1 is 1.23 bits per heavy atom. The number of amides is 2. The van der Waals surface area contributed by atoms with Crippen molar-refractivity contribution >= 4 is 23.3 Å². The molecule has 0 saturated heterocycles. The highest BCUT2D eigenvalue weighted by Crippen LogP contribution is 2.19. The number of nitrogens with zero attached hydrogens (tertiary/aromatic N) is 1. The number of ether oxygens (including phenoxy) is 1. The van der Waals surface area contributed by atoms with E-state index in [1.807, 2.05) is 25.1 Å². The largest absolute Gasteiger partial charge is 0.467 e. The van der Waals surface area contributed by atoms with Crippen LogP contribution in [0.1, 0.15) is 42.7 Å². The first-order chi connectivity index (χ1) is 12.2. The molecule has 0 fully saturated rings. The lowest BCUT2D eigenvalue weighted by molar-refractivity contribution is -0.132. The number of hydrogen-bond acceptors (Lipinski definition) is 5. The molecule has 2 heterocycles. The molecule has 0 saturated carbocycles. The van der Waals surface area contributed by atoms with Gasteiger partial charge in [0.2, 0.25) is 5.91 Å². The highest BCUT2D eigenvalue weighted by atomic mass is 32.1. The van der Waals surface area contributed by atoms with Crippen molar-refractivity contribution in [2.75, 3.05) is 6.54 Å². The van der Waals surface area contributed by atoms with Crippen LogP contribution in [0.5, 0.6) is 0 Å². The molecule has 0 atom stereocenters. The van der Waals surface area contributed by atoms with Crippen LogP contribution in [0.15, 0.2) is 34.9 Å². The average molecular weight is 378 g/mol. The summed E-state index contributed by atoms with van der Waals surface area (Å²) < 4.78 is 10.5. The molecule has 26 heavy (non-hydrogen) atoms. The van der Waals surface area contributed by atoms with Gasteiger partial charge in [-0.15, -0.1) is 11.3 Å². The number of rotatable bonds is 7. The molecule has 6 nitrogen and oxygen atoms in total. The van der Waals surface area contributed by atoms with Crippen molar-refractivity contribution in [2.45, 2.75) is 52.8 Å². The molecule has 0 spiro atoms. The van der Waals surface area contributed by atoms with E-state index in [0.29, 0.717) is 13.1 Å². The summed E-state index contributed by atoms with van der Waals surface area (Å²) in [6.07, 6.45) is 1.28. The standard InChI is InChI=1S/C19H26N2O4S/c1-14-7-8-16(26-14)13-21(12-15-6-5-11-24-15)17(22)9-10-20-18(23)25-19(2,3)4/h5-8,11H,9-10,12-13H2,1-4H3,(H,20,23). The number of hydrogen-bond donors (Lipinski definition) is 1. The third kappa shape index (κ3) is 6.92. The van der Waals surface area contributed by atoms with E-state index in [0.717, 1.165) is 10.6 Å². The van der Waals surface area contributed by atoms with E-state index in [2.05, 4.69) is 5.32 Å². The van der Waals surface area contributed by atoms with Crippen LogP contribution in [-0.2, 0) is 22.6 Å². The second-order valence-electron chi connectivity index (χ2n) is 7.02. The fourth-order valence-electron chi connectivity index (χ4n) is 2.32. The summed E-state index contributed by atoms with van der Waals surface area (Å²) in [6, 6.07) is 7.72. The van der Waals surface area contributed by atoms with E-state index in [4.69, 9.17) is 9.15 Å². The van der Waals surface area contributed by atoms with Crippen molar-refractivity contribution in [1.29, 1.82) is 0 Å². The summed E-state index contributed by atoms with van der Waals surface area (Å²) in [5, 5.41) is 2.62. The van der Waals surface area contributed by atoms with Gasteiger partial charge in [0, 0.05) is 22.7 Å². The Morgan fingerprint density at radius 2 is 2.00 bits per heavy atom. The first-order valence-corrected chi connectivity index (χ1v) is 9.37. The zero-order chi connectivity index (χ0) is 19.2. The molecular formula is C19H26N2O4S. The van der Waals surface area contributed by atoms with E-state index in [-0.39, 0.29) is 18.9 Å². The lowest BCUT2D eigenvalue weighted by atomic mass is 10.2. The molecule has 0 unspecified atom stereocenters. The summed E-state index contributed by atoms with van der Waals surface area (Å²) in [5.74, 6) is 0.676. The molecule has 2 rings (SSSR count). The maximum Gasteiger partial charge on any atom is 0.407 e. The van der Waals surface area contributed by atoms with Crippen molar-refractivity contribution in [3.05, 3.63) is 46.0 Å². The Hall–Kier alpha value is -2.28. The Labute approximate surface area is 158 Å². The van der Waals surface area contributed by atoms with E-state index in [9.17, 15) is 9.59 Å². The van der Waals surface area contributed by atoms with Gasteiger partial charge >= 0.3 is 6.09 Å². The Morgan fingerprint density at radius 3 is 2.58 bits per heavy atom. The van der Waals surface area contributed by atoms with Gasteiger partial charge in [-0.3, -0.25) is 4.79 Å². The normalized spacial score (nSPS) is 11.2. The second-order valence-corrected chi connectivity index (χ2v) is 8.39. The molecule has 0 aliphatic rings. The van der Waals surface area contributed by atoms with Crippen molar-refractivity contribution in [2.24, 2.45) is 0 Å². The number of alkyl carbamates (subject to hydrolysis) is 1. The zero-order valence-electron chi connectivity index (χ0n) is 15.7. The van der Waals surface area contributed by atoms with Crippen molar-refractivity contribution in [3.8, 4) is 0 Å². The van der Waals surface area contributed by atoms with Crippen LogP contribution in [0, 0.1) is 6.92 Å². The monoisotopic (exact) mass is 378 g/mol. The third-order valence-electron chi connectivity index (χ3n) is 3.43. The molecule has 7 heteroatoms. The highest BCUT2D eigenvalue weighted by Gasteiger charge is 2.19. The molecule has 0 aliphatic carbocycles. The minimum Gasteiger partial charge on any atom is -0.467 e. The maximum atomic E-state index is 12.6. The van der Waals surface area contributed by atoms with E-state index < -0.39 is 11.7 Å². The van der Waals surface area contributed by atoms with Gasteiger partial charge in [-0.1, -0.05) is 0 Å². The van der Waals surface area contributed by atoms with Crippen molar-refractivity contribution in [1.82, 2.24) is 10.2 Å². The van der Waals surface area contributed by atoms with Gasteiger partial charge in [0.25, 0.3) is 0 Å². The molecule has 0 aliphatic heterocycles. The Balaban J connectivity index is 1.91. The number of aryl methyl sites for hydroxylation is 1. The van der Waals surface area contributed by atoms with Gasteiger partial charge in [0.1, 0.15) is 11.4 Å². The fourth-order valence-corrected chi connectivity index (χ4v) is 3.23. The number of carbonyl (C=O) groups is 2. The second kappa shape index (κ2) is 8.89. The van der Waals surface area contributed by atoms with E-state index in [1.165, 1.54) is 4.88 Å². The number of thiophene rings is 1. The number of carbonyl (C=O) groups excluding carboxylic acids is 2. The third-order valence-corrected chi connectivity index (χ3v) is 4.41. The van der Waals surface area contributed by atoms with Crippen LogP contribution in [0.25, 0.3) is 0 Å². The van der Waals surface area contributed by atoms with Gasteiger partial charge in [-0.25, -0.2) is 4.79 Å². The molecular weight excluding hydrogens is 352 g/mol. The topological polar surface area (TPSA) is 71.8 Å². The first-order valence-electron chi connectivity index (χ1n) is 8.55. The summed E-state index contributed by atoms with van der Waals surface area (Å²) in [4.78, 5) is 28.4. The highest BCUT2D eigenvalue weighted by molar-refractivity contribution is 7.11. The van der Waals surface area contributed by atoms with Crippen LogP contribution < -0.4 is 5.32 Å². The molecule has 0 aromatic carbocycles. The van der Waals surface area contributed by atoms with Crippen LogP contribution in [-0.4, -0.2) is 29.0 Å². The summed E-state index contributed by atoms with van der Waals surface area (Å²) in [7, 11) is 0. The summed E-state index contributed by atoms with van der Waals surface area (Å²) in [5.41, 5.74) is -0.559. The first kappa shape index (κ1) is 20.0. The molecule has 2 aromatic heterocycles. The van der Waals surface area contributed by atoms with Crippen LogP contribution in [0.4, 0.5) is 4.79 Å². The van der Waals surface area contributed by atoms with Crippen LogP contribution in [0.2, 0.25) is 0 Å². The van der Waals surface area contributed by atoms with Crippen molar-refractivity contribution < 1.29 is 18.7 Å². The van der Waals surface area contributed by atoms with Crippen LogP contribution >= 0.6 is 11.3 Å². The van der Waals surface area contributed by atoms with Crippen LogP contribution in [0.3, 0.4) is 0 Å². The average Bonchev–Trinajstić information content (AvgIpc) is 3.16. The molecule has 1 N–H and O–H groups in total. The maximum absolute atomic E-state index is 12.6. The number of nitrogens with one attached hydrogen (secondary N) is 1. The minimum atomic E-state index is -0.559. The van der Waals surface area contributed by atoms with E-state index >= 15 is 0 Å². The quantitative estimate of drug-likeness (QED) is 0.787. The predicted molar refractivity (Wildman–Crippen MR) is 101 cm³/mol. The molecule has 2 amide bonds.